The zero-order valence-electron chi connectivity index (χ0n) is 9.81. The van der Waals surface area contributed by atoms with E-state index in [-0.39, 0.29) is 36.6 Å². The van der Waals surface area contributed by atoms with E-state index in [1.54, 1.807) is 0 Å². The Kier molecular flexibility index (Phi) is 3.47. The Balaban J connectivity index is 2.12. The van der Waals surface area contributed by atoms with E-state index in [4.69, 9.17) is 5.73 Å². The summed E-state index contributed by atoms with van der Waals surface area (Å²) in [6.07, 6.45) is -3.69. The molecule has 1 aliphatic rings. The van der Waals surface area contributed by atoms with Gasteiger partial charge in [0.25, 0.3) is 0 Å². The van der Waals surface area contributed by atoms with Crippen LogP contribution in [0.15, 0.2) is 11.1 Å². The fourth-order valence-corrected chi connectivity index (χ4v) is 3.53. The third kappa shape index (κ3) is 2.68. The van der Waals surface area contributed by atoms with Gasteiger partial charge in [-0.2, -0.15) is 22.6 Å². The first-order valence-electron chi connectivity index (χ1n) is 5.58. The number of hydrogen-bond donors (Lipinski definition) is 2. The van der Waals surface area contributed by atoms with Crippen molar-refractivity contribution < 1.29 is 21.6 Å². The van der Waals surface area contributed by atoms with Gasteiger partial charge in [-0.15, -0.1) is 0 Å². The SMILES string of the molecule is Nc1[nH]ncc1S(=O)(=O)N1CCC(C(F)(F)F)CC1. The maximum atomic E-state index is 12.5. The van der Waals surface area contributed by atoms with Gasteiger partial charge in [-0.1, -0.05) is 0 Å². The predicted octanol–water partition coefficient (Wildman–Crippen LogP) is 0.955. The van der Waals surface area contributed by atoms with Crippen LogP contribution >= 0.6 is 0 Å². The molecule has 0 atom stereocenters. The molecule has 108 valence electrons. The van der Waals surface area contributed by atoms with E-state index in [1.807, 2.05) is 0 Å². The first kappa shape index (κ1) is 14.1. The van der Waals surface area contributed by atoms with E-state index in [9.17, 15) is 21.6 Å². The molecule has 0 bridgehead atoms. The molecule has 0 aromatic carbocycles. The van der Waals surface area contributed by atoms with Gasteiger partial charge in [0, 0.05) is 13.1 Å². The van der Waals surface area contributed by atoms with Crippen LogP contribution in [0.5, 0.6) is 0 Å². The van der Waals surface area contributed by atoms with E-state index >= 15 is 0 Å². The fraction of sp³-hybridized carbons (Fsp3) is 0.667. The van der Waals surface area contributed by atoms with Crippen LogP contribution < -0.4 is 5.73 Å². The Morgan fingerprint density at radius 3 is 2.37 bits per heavy atom. The van der Waals surface area contributed by atoms with E-state index in [0.717, 1.165) is 10.5 Å². The molecule has 1 fully saturated rings. The van der Waals surface area contributed by atoms with Crippen molar-refractivity contribution in [3.05, 3.63) is 6.20 Å². The fourth-order valence-electron chi connectivity index (χ4n) is 2.05. The first-order chi connectivity index (χ1) is 8.73. The van der Waals surface area contributed by atoms with Gasteiger partial charge in [-0.3, -0.25) is 5.10 Å². The molecule has 1 aromatic rings. The number of H-pyrrole nitrogens is 1. The normalized spacial score (nSPS) is 19.7. The van der Waals surface area contributed by atoms with Gasteiger partial charge in [0.05, 0.1) is 12.1 Å². The Morgan fingerprint density at radius 1 is 1.37 bits per heavy atom. The van der Waals surface area contributed by atoms with Crippen LogP contribution in [0.4, 0.5) is 19.0 Å². The molecule has 0 aliphatic carbocycles. The van der Waals surface area contributed by atoms with Crippen molar-refractivity contribution in [2.75, 3.05) is 18.8 Å². The molecular formula is C9H13F3N4O2S. The minimum absolute atomic E-state index is 0.113. The standard InChI is InChI=1S/C9H13F3N4O2S/c10-9(11,12)6-1-3-16(4-2-6)19(17,18)7-5-14-15-8(7)13/h5-6H,1-4H2,(H3,13,14,15). The zero-order chi connectivity index (χ0) is 14.3. The lowest BCUT2D eigenvalue weighted by Crippen LogP contribution is -2.42. The van der Waals surface area contributed by atoms with Gasteiger partial charge in [0.1, 0.15) is 10.7 Å². The van der Waals surface area contributed by atoms with Crippen LogP contribution in [-0.2, 0) is 10.0 Å². The second-order valence-corrected chi connectivity index (χ2v) is 6.27. The van der Waals surface area contributed by atoms with Crippen molar-refractivity contribution in [3.63, 3.8) is 0 Å². The molecule has 0 amide bonds. The molecule has 0 unspecified atom stereocenters. The number of aromatic amines is 1. The highest BCUT2D eigenvalue weighted by atomic mass is 32.2. The number of anilines is 1. The Hall–Kier alpha value is -1.29. The molecular weight excluding hydrogens is 285 g/mol. The van der Waals surface area contributed by atoms with Gasteiger partial charge >= 0.3 is 6.18 Å². The van der Waals surface area contributed by atoms with E-state index < -0.39 is 22.1 Å². The molecule has 2 rings (SSSR count). The van der Waals surface area contributed by atoms with Crippen molar-refractivity contribution in [2.45, 2.75) is 23.9 Å². The lowest BCUT2D eigenvalue weighted by atomic mass is 9.98. The van der Waals surface area contributed by atoms with Crippen molar-refractivity contribution in [1.82, 2.24) is 14.5 Å². The molecule has 1 aromatic heterocycles. The number of nitrogens with two attached hydrogens (primary N) is 1. The molecule has 0 radical (unpaired) electrons. The summed E-state index contributed by atoms with van der Waals surface area (Å²) in [6, 6.07) is 0. The number of rotatable bonds is 2. The highest BCUT2D eigenvalue weighted by molar-refractivity contribution is 7.89. The average Bonchev–Trinajstić information content (AvgIpc) is 2.75. The maximum absolute atomic E-state index is 12.5. The van der Waals surface area contributed by atoms with Crippen LogP contribution in [0.25, 0.3) is 0 Å². The number of aromatic nitrogens is 2. The minimum Gasteiger partial charge on any atom is -0.383 e. The van der Waals surface area contributed by atoms with Crippen LogP contribution in [0.2, 0.25) is 0 Å². The van der Waals surface area contributed by atoms with E-state index in [2.05, 4.69) is 10.2 Å². The molecule has 1 saturated heterocycles. The molecule has 0 saturated carbocycles. The maximum Gasteiger partial charge on any atom is 0.391 e. The van der Waals surface area contributed by atoms with Crippen LogP contribution in [0, 0.1) is 5.92 Å². The Labute approximate surface area is 107 Å². The summed E-state index contributed by atoms with van der Waals surface area (Å²) in [6.45, 7) is -0.339. The third-order valence-electron chi connectivity index (χ3n) is 3.17. The van der Waals surface area contributed by atoms with Crippen LogP contribution in [0.3, 0.4) is 0 Å². The number of sulfonamides is 1. The molecule has 10 heteroatoms. The second kappa shape index (κ2) is 4.67. The quantitative estimate of drug-likeness (QED) is 0.850. The van der Waals surface area contributed by atoms with E-state index in [1.165, 1.54) is 0 Å². The predicted molar refractivity (Wildman–Crippen MR) is 60.5 cm³/mol. The topological polar surface area (TPSA) is 92.1 Å². The number of piperidine rings is 1. The summed E-state index contributed by atoms with van der Waals surface area (Å²) in [5.41, 5.74) is 5.43. The summed E-state index contributed by atoms with van der Waals surface area (Å²) in [5, 5.41) is 5.79. The van der Waals surface area contributed by atoms with E-state index in [0.29, 0.717) is 0 Å². The van der Waals surface area contributed by atoms with Crippen LogP contribution in [0.1, 0.15) is 12.8 Å². The Bertz CT molecular complexity index is 546. The lowest BCUT2D eigenvalue weighted by molar-refractivity contribution is -0.182. The molecule has 2 heterocycles. The average molecular weight is 298 g/mol. The third-order valence-corrected chi connectivity index (χ3v) is 5.09. The summed E-state index contributed by atoms with van der Waals surface area (Å²) in [7, 11) is -3.87. The molecule has 0 spiro atoms. The smallest absolute Gasteiger partial charge is 0.383 e. The number of nitrogens with zero attached hydrogens (tertiary/aromatic N) is 2. The van der Waals surface area contributed by atoms with Crippen LogP contribution in [-0.4, -0.2) is 42.2 Å². The molecule has 19 heavy (non-hydrogen) atoms. The van der Waals surface area contributed by atoms with Gasteiger partial charge < -0.3 is 5.73 Å². The summed E-state index contributed by atoms with van der Waals surface area (Å²) >= 11 is 0. The number of nitrogen functional groups attached to an aromatic ring is 1. The van der Waals surface area contributed by atoms with Gasteiger partial charge in [0.2, 0.25) is 10.0 Å². The lowest BCUT2D eigenvalue weighted by Gasteiger charge is -2.31. The number of hydrogen-bond acceptors (Lipinski definition) is 4. The monoisotopic (exact) mass is 298 g/mol. The van der Waals surface area contributed by atoms with Gasteiger partial charge in [-0.25, -0.2) is 8.42 Å². The zero-order valence-corrected chi connectivity index (χ0v) is 10.6. The summed E-state index contributed by atoms with van der Waals surface area (Å²) < 4.78 is 62.8. The largest absolute Gasteiger partial charge is 0.391 e. The molecule has 3 N–H and O–H groups in total. The van der Waals surface area contributed by atoms with Crippen molar-refractivity contribution >= 4 is 15.8 Å². The van der Waals surface area contributed by atoms with Crippen molar-refractivity contribution in [1.29, 1.82) is 0 Å². The second-order valence-electron chi connectivity index (χ2n) is 4.37. The number of nitrogens with one attached hydrogen (secondary N) is 1. The summed E-state index contributed by atoms with van der Waals surface area (Å²) in [5.74, 6) is -1.56. The summed E-state index contributed by atoms with van der Waals surface area (Å²) in [4.78, 5) is -0.196. The number of alkyl halides is 3. The highest BCUT2D eigenvalue weighted by Crippen LogP contribution is 2.35. The highest BCUT2D eigenvalue weighted by Gasteiger charge is 2.43. The molecule has 6 nitrogen and oxygen atoms in total. The minimum atomic E-state index is -4.27. The Morgan fingerprint density at radius 2 is 1.95 bits per heavy atom. The first-order valence-corrected chi connectivity index (χ1v) is 7.02. The van der Waals surface area contributed by atoms with Gasteiger partial charge in [0.15, 0.2) is 0 Å². The number of halogens is 3. The van der Waals surface area contributed by atoms with Gasteiger partial charge in [-0.05, 0) is 12.8 Å². The molecule has 1 aliphatic heterocycles. The van der Waals surface area contributed by atoms with Crippen molar-refractivity contribution in [2.24, 2.45) is 5.92 Å². The van der Waals surface area contributed by atoms with Crippen molar-refractivity contribution in [3.8, 4) is 0 Å².